The lowest BCUT2D eigenvalue weighted by molar-refractivity contribution is -0.384. The molecule has 2 fully saturated rings. The molecule has 0 atom stereocenters. The first-order valence-electron chi connectivity index (χ1n) is 11.2. The van der Waals surface area contributed by atoms with Gasteiger partial charge in [-0.2, -0.15) is 0 Å². The van der Waals surface area contributed by atoms with Crippen LogP contribution in [-0.4, -0.2) is 37.1 Å². The van der Waals surface area contributed by atoms with E-state index in [1.807, 2.05) is 23.1 Å². The van der Waals surface area contributed by atoms with Gasteiger partial charge in [-0.3, -0.25) is 14.9 Å². The minimum absolute atomic E-state index is 0.0378. The number of nitro benzene ring substituents is 1. The van der Waals surface area contributed by atoms with Crippen molar-refractivity contribution >= 4 is 23.0 Å². The molecule has 0 bridgehead atoms. The maximum Gasteiger partial charge on any atom is 0.292 e. The predicted octanol–water partition coefficient (Wildman–Crippen LogP) is 4.78. The van der Waals surface area contributed by atoms with E-state index in [4.69, 9.17) is 9.47 Å². The lowest BCUT2D eigenvalue weighted by Crippen LogP contribution is -2.38. The number of hydrogen-bond donors (Lipinski definition) is 1. The van der Waals surface area contributed by atoms with Crippen LogP contribution in [0.3, 0.4) is 0 Å². The summed E-state index contributed by atoms with van der Waals surface area (Å²) in [5.74, 6) is 1.13. The zero-order valence-electron chi connectivity index (χ0n) is 18.3. The molecular formula is C24H29N3O5. The van der Waals surface area contributed by atoms with E-state index in [0.717, 1.165) is 12.8 Å². The Morgan fingerprint density at radius 3 is 2.47 bits per heavy atom. The van der Waals surface area contributed by atoms with Crippen LogP contribution in [0.5, 0.6) is 11.5 Å². The van der Waals surface area contributed by atoms with Gasteiger partial charge in [-0.15, -0.1) is 0 Å². The van der Waals surface area contributed by atoms with E-state index in [0.29, 0.717) is 48.8 Å². The number of methoxy groups -OCH3 is 1. The SMILES string of the molecule is COc1ccc(NC(=O)C2CCN(c3ccccc3[N+](=O)[O-])CC2)cc1OC1CCCC1. The summed E-state index contributed by atoms with van der Waals surface area (Å²) in [5, 5.41) is 14.3. The highest BCUT2D eigenvalue weighted by Crippen LogP contribution is 2.35. The minimum atomic E-state index is -0.358. The van der Waals surface area contributed by atoms with E-state index in [-0.39, 0.29) is 28.5 Å². The number of carbonyl (C=O) groups is 1. The minimum Gasteiger partial charge on any atom is -0.493 e. The van der Waals surface area contributed by atoms with Crippen LogP contribution < -0.4 is 19.7 Å². The van der Waals surface area contributed by atoms with Gasteiger partial charge in [-0.25, -0.2) is 0 Å². The van der Waals surface area contributed by atoms with E-state index >= 15 is 0 Å². The molecule has 1 saturated carbocycles. The number of para-hydroxylation sites is 2. The van der Waals surface area contributed by atoms with Gasteiger partial charge in [0.05, 0.1) is 18.1 Å². The average Bonchev–Trinajstić information content (AvgIpc) is 3.32. The van der Waals surface area contributed by atoms with Gasteiger partial charge in [0.25, 0.3) is 5.69 Å². The number of piperidine rings is 1. The molecule has 1 saturated heterocycles. The van der Waals surface area contributed by atoms with Gasteiger partial charge in [0.15, 0.2) is 11.5 Å². The Labute approximate surface area is 187 Å². The molecule has 0 unspecified atom stereocenters. The summed E-state index contributed by atoms with van der Waals surface area (Å²) in [5.41, 5.74) is 1.40. The smallest absolute Gasteiger partial charge is 0.292 e. The lowest BCUT2D eigenvalue weighted by atomic mass is 9.95. The first kappa shape index (κ1) is 21.9. The summed E-state index contributed by atoms with van der Waals surface area (Å²) in [4.78, 5) is 25.8. The predicted molar refractivity (Wildman–Crippen MR) is 123 cm³/mol. The van der Waals surface area contributed by atoms with Gasteiger partial charge in [0.2, 0.25) is 5.91 Å². The molecule has 0 aromatic heterocycles. The van der Waals surface area contributed by atoms with Gasteiger partial charge in [-0.05, 0) is 56.7 Å². The Morgan fingerprint density at radius 1 is 1.06 bits per heavy atom. The van der Waals surface area contributed by atoms with Crippen molar-refractivity contribution < 1.29 is 19.2 Å². The number of amides is 1. The maximum atomic E-state index is 12.9. The highest BCUT2D eigenvalue weighted by Gasteiger charge is 2.28. The largest absolute Gasteiger partial charge is 0.493 e. The van der Waals surface area contributed by atoms with Crippen molar-refractivity contribution in [1.29, 1.82) is 0 Å². The molecule has 2 aromatic rings. The first-order chi connectivity index (χ1) is 15.5. The third kappa shape index (κ3) is 4.95. The van der Waals surface area contributed by atoms with E-state index in [1.54, 1.807) is 25.3 Å². The normalized spacial score (nSPS) is 17.2. The number of ether oxygens (including phenoxy) is 2. The van der Waals surface area contributed by atoms with Gasteiger partial charge >= 0.3 is 0 Å². The second-order valence-electron chi connectivity index (χ2n) is 8.39. The molecule has 1 N–H and O–H groups in total. The third-order valence-corrected chi connectivity index (χ3v) is 6.31. The van der Waals surface area contributed by atoms with Crippen molar-refractivity contribution in [1.82, 2.24) is 0 Å². The summed E-state index contributed by atoms with van der Waals surface area (Å²) >= 11 is 0. The molecule has 2 aliphatic rings. The van der Waals surface area contributed by atoms with Crippen LogP contribution in [0.15, 0.2) is 42.5 Å². The molecule has 1 amide bonds. The molecule has 32 heavy (non-hydrogen) atoms. The Hall–Kier alpha value is -3.29. The van der Waals surface area contributed by atoms with E-state index in [2.05, 4.69) is 5.32 Å². The van der Waals surface area contributed by atoms with Crippen molar-refractivity contribution in [2.24, 2.45) is 5.92 Å². The van der Waals surface area contributed by atoms with E-state index < -0.39 is 0 Å². The zero-order chi connectivity index (χ0) is 22.5. The maximum absolute atomic E-state index is 12.9. The first-order valence-corrected chi connectivity index (χ1v) is 11.2. The average molecular weight is 440 g/mol. The third-order valence-electron chi connectivity index (χ3n) is 6.31. The Morgan fingerprint density at radius 2 is 1.78 bits per heavy atom. The molecule has 8 heteroatoms. The summed E-state index contributed by atoms with van der Waals surface area (Å²) in [7, 11) is 1.61. The standard InChI is InChI=1S/C24H29N3O5/c1-31-22-11-10-18(16-23(22)32-19-6-2-3-7-19)25-24(28)17-12-14-26(15-13-17)20-8-4-5-9-21(20)27(29)30/h4-5,8-11,16-17,19H,2-3,6-7,12-15H2,1H3,(H,25,28). The summed E-state index contributed by atoms with van der Waals surface area (Å²) in [6.45, 7) is 1.20. The van der Waals surface area contributed by atoms with Crippen LogP contribution >= 0.6 is 0 Å². The van der Waals surface area contributed by atoms with Crippen molar-refractivity contribution in [2.75, 3.05) is 30.4 Å². The number of nitro groups is 1. The van der Waals surface area contributed by atoms with Crippen molar-refractivity contribution in [2.45, 2.75) is 44.6 Å². The number of rotatable bonds is 7. The van der Waals surface area contributed by atoms with Crippen molar-refractivity contribution in [3.05, 3.63) is 52.6 Å². The zero-order valence-corrected chi connectivity index (χ0v) is 18.3. The molecule has 2 aromatic carbocycles. The second-order valence-corrected chi connectivity index (χ2v) is 8.39. The number of carbonyl (C=O) groups excluding carboxylic acids is 1. The highest BCUT2D eigenvalue weighted by atomic mass is 16.6. The fourth-order valence-electron chi connectivity index (χ4n) is 4.55. The Balaban J connectivity index is 1.37. The molecule has 0 radical (unpaired) electrons. The van der Waals surface area contributed by atoms with Crippen LogP contribution in [0, 0.1) is 16.0 Å². The van der Waals surface area contributed by atoms with Gasteiger partial charge < -0.3 is 19.7 Å². The number of anilines is 2. The molecule has 1 aliphatic carbocycles. The number of hydrogen-bond acceptors (Lipinski definition) is 6. The second kappa shape index (κ2) is 9.89. The van der Waals surface area contributed by atoms with Crippen LogP contribution in [0.4, 0.5) is 17.1 Å². The lowest BCUT2D eigenvalue weighted by Gasteiger charge is -2.32. The Kier molecular flexibility index (Phi) is 6.78. The molecule has 8 nitrogen and oxygen atoms in total. The molecule has 1 aliphatic heterocycles. The van der Waals surface area contributed by atoms with Gasteiger partial charge in [0, 0.05) is 36.8 Å². The quantitative estimate of drug-likeness (QED) is 0.493. The van der Waals surface area contributed by atoms with Crippen molar-refractivity contribution in [3.63, 3.8) is 0 Å². The summed E-state index contributed by atoms with van der Waals surface area (Å²) < 4.78 is 11.5. The number of benzene rings is 2. The molecule has 170 valence electrons. The molecule has 1 heterocycles. The molecule has 0 spiro atoms. The van der Waals surface area contributed by atoms with Crippen LogP contribution in [-0.2, 0) is 4.79 Å². The molecular weight excluding hydrogens is 410 g/mol. The highest BCUT2D eigenvalue weighted by molar-refractivity contribution is 5.93. The van der Waals surface area contributed by atoms with Crippen LogP contribution in [0.1, 0.15) is 38.5 Å². The topological polar surface area (TPSA) is 93.9 Å². The van der Waals surface area contributed by atoms with Gasteiger partial charge in [-0.1, -0.05) is 12.1 Å². The molecule has 4 rings (SSSR count). The van der Waals surface area contributed by atoms with Crippen LogP contribution in [0.25, 0.3) is 0 Å². The van der Waals surface area contributed by atoms with Crippen molar-refractivity contribution in [3.8, 4) is 11.5 Å². The van der Waals surface area contributed by atoms with Gasteiger partial charge in [0.1, 0.15) is 5.69 Å². The monoisotopic (exact) mass is 439 g/mol. The Bertz CT molecular complexity index is 966. The van der Waals surface area contributed by atoms with E-state index in [1.165, 1.54) is 18.9 Å². The summed E-state index contributed by atoms with van der Waals surface area (Å²) in [6.07, 6.45) is 5.90. The number of nitrogens with one attached hydrogen (secondary N) is 1. The fraction of sp³-hybridized carbons (Fsp3) is 0.458. The van der Waals surface area contributed by atoms with E-state index in [9.17, 15) is 14.9 Å². The number of nitrogens with zero attached hydrogens (tertiary/aromatic N) is 2. The van der Waals surface area contributed by atoms with Crippen LogP contribution in [0.2, 0.25) is 0 Å². The fourth-order valence-corrected chi connectivity index (χ4v) is 4.55. The summed E-state index contributed by atoms with van der Waals surface area (Å²) in [6, 6.07) is 12.2.